The fraction of sp³-hybridized carbons (Fsp3) is 0.625. The monoisotopic (exact) mass is 297 g/mol. The molecule has 0 saturated carbocycles. The Morgan fingerprint density at radius 1 is 1.19 bits per heavy atom. The molecule has 0 spiro atoms. The lowest BCUT2D eigenvalue weighted by molar-refractivity contribution is 0.0385. The van der Waals surface area contributed by atoms with E-state index >= 15 is 0 Å². The van der Waals surface area contributed by atoms with Gasteiger partial charge in [0, 0.05) is 33.4 Å². The molecule has 0 saturated heterocycles. The maximum atomic E-state index is 10.4. The second-order valence-electron chi connectivity index (χ2n) is 5.08. The zero-order valence-corrected chi connectivity index (χ0v) is 13.4. The van der Waals surface area contributed by atoms with Gasteiger partial charge in [0.2, 0.25) is 0 Å². The molecule has 0 radical (unpaired) electrons. The van der Waals surface area contributed by atoms with Crippen LogP contribution in [0, 0.1) is 0 Å². The maximum Gasteiger partial charge on any atom is 0.119 e. The second kappa shape index (κ2) is 9.73. The quantitative estimate of drug-likeness (QED) is 0.712. The highest BCUT2D eigenvalue weighted by molar-refractivity contribution is 5.29. The Morgan fingerprint density at radius 2 is 1.95 bits per heavy atom. The number of aliphatic hydroxyl groups excluding tert-OH is 1. The average molecular weight is 297 g/mol. The number of methoxy groups -OCH3 is 3. The first-order valence-corrected chi connectivity index (χ1v) is 7.16. The number of benzene rings is 1. The van der Waals surface area contributed by atoms with Crippen molar-refractivity contribution in [3.63, 3.8) is 0 Å². The number of hydrogen-bond donors (Lipinski definition) is 1. The molecule has 0 amide bonds. The molecule has 1 N–H and O–H groups in total. The third kappa shape index (κ3) is 6.01. The summed E-state index contributed by atoms with van der Waals surface area (Å²) in [5.74, 6) is 0.750. The minimum absolute atomic E-state index is 0.213. The van der Waals surface area contributed by atoms with Gasteiger partial charge in [-0.2, -0.15) is 0 Å². The van der Waals surface area contributed by atoms with Gasteiger partial charge in [0.05, 0.1) is 26.4 Å². The Hall–Kier alpha value is -1.14. The normalized spacial score (nSPS) is 14.2. The van der Waals surface area contributed by atoms with Crippen molar-refractivity contribution in [3.8, 4) is 5.75 Å². The van der Waals surface area contributed by atoms with Crippen LogP contribution in [-0.4, -0.2) is 63.7 Å². The first-order valence-electron chi connectivity index (χ1n) is 7.16. The topological polar surface area (TPSA) is 51.2 Å². The Bertz CT molecular complexity index is 400. The fourth-order valence-electron chi connectivity index (χ4n) is 2.22. The van der Waals surface area contributed by atoms with Gasteiger partial charge in [-0.15, -0.1) is 0 Å². The third-order valence-electron chi connectivity index (χ3n) is 3.50. The molecule has 1 aromatic rings. The Balaban J connectivity index is 2.70. The average Bonchev–Trinajstić information content (AvgIpc) is 2.51. The van der Waals surface area contributed by atoms with Crippen LogP contribution in [0.1, 0.15) is 18.6 Å². The van der Waals surface area contributed by atoms with Crippen molar-refractivity contribution in [1.29, 1.82) is 0 Å². The largest absolute Gasteiger partial charge is 0.497 e. The molecular weight excluding hydrogens is 270 g/mol. The van der Waals surface area contributed by atoms with Crippen LogP contribution in [0.2, 0.25) is 0 Å². The van der Waals surface area contributed by atoms with Gasteiger partial charge in [0.25, 0.3) is 0 Å². The van der Waals surface area contributed by atoms with E-state index in [9.17, 15) is 5.11 Å². The second-order valence-corrected chi connectivity index (χ2v) is 5.08. The molecule has 1 aromatic carbocycles. The van der Waals surface area contributed by atoms with Crippen molar-refractivity contribution in [2.45, 2.75) is 19.1 Å². The number of ether oxygens (including phenoxy) is 3. The van der Waals surface area contributed by atoms with Gasteiger partial charge < -0.3 is 19.3 Å². The molecule has 0 aliphatic heterocycles. The van der Waals surface area contributed by atoms with Crippen LogP contribution in [0.15, 0.2) is 24.3 Å². The van der Waals surface area contributed by atoms with E-state index in [-0.39, 0.29) is 6.04 Å². The molecule has 5 nitrogen and oxygen atoms in total. The molecule has 5 heteroatoms. The molecule has 0 bridgehead atoms. The van der Waals surface area contributed by atoms with Gasteiger partial charge in [-0.1, -0.05) is 12.1 Å². The highest BCUT2D eigenvalue weighted by Crippen LogP contribution is 2.20. The van der Waals surface area contributed by atoms with Gasteiger partial charge in [-0.25, -0.2) is 0 Å². The van der Waals surface area contributed by atoms with Crippen molar-refractivity contribution >= 4 is 0 Å². The van der Waals surface area contributed by atoms with Crippen LogP contribution >= 0.6 is 0 Å². The Labute approximate surface area is 127 Å². The highest BCUT2D eigenvalue weighted by Gasteiger charge is 2.19. The van der Waals surface area contributed by atoms with E-state index in [2.05, 4.69) is 11.8 Å². The summed E-state index contributed by atoms with van der Waals surface area (Å²) in [4.78, 5) is 2.16. The molecule has 1 rings (SSSR count). The zero-order chi connectivity index (χ0) is 15.7. The van der Waals surface area contributed by atoms with Crippen LogP contribution < -0.4 is 4.74 Å². The number of hydrogen-bond acceptors (Lipinski definition) is 5. The smallest absolute Gasteiger partial charge is 0.119 e. The minimum atomic E-state index is -0.573. The van der Waals surface area contributed by atoms with E-state index in [1.165, 1.54) is 0 Å². The van der Waals surface area contributed by atoms with Crippen molar-refractivity contribution < 1.29 is 19.3 Å². The summed E-state index contributed by atoms with van der Waals surface area (Å²) in [6.07, 6.45) is -0.573. The first kappa shape index (κ1) is 17.9. The van der Waals surface area contributed by atoms with Gasteiger partial charge >= 0.3 is 0 Å². The lowest BCUT2D eigenvalue weighted by atomic mass is 10.1. The number of aliphatic hydroxyl groups is 1. The fourth-order valence-corrected chi connectivity index (χ4v) is 2.22. The summed E-state index contributed by atoms with van der Waals surface area (Å²) < 4.78 is 15.5. The summed E-state index contributed by atoms with van der Waals surface area (Å²) in [6, 6.07) is 7.73. The van der Waals surface area contributed by atoms with Crippen molar-refractivity contribution in [2.24, 2.45) is 0 Å². The number of rotatable bonds is 10. The van der Waals surface area contributed by atoms with E-state index in [0.29, 0.717) is 19.8 Å². The molecule has 0 heterocycles. The van der Waals surface area contributed by atoms with Gasteiger partial charge in [0.1, 0.15) is 5.75 Å². The first-order chi connectivity index (χ1) is 10.1. The van der Waals surface area contributed by atoms with Crippen LogP contribution in [0.3, 0.4) is 0 Å². The molecule has 2 atom stereocenters. The lowest BCUT2D eigenvalue weighted by Gasteiger charge is -2.30. The number of nitrogens with zero attached hydrogens (tertiary/aromatic N) is 1. The van der Waals surface area contributed by atoms with Crippen LogP contribution in [0.5, 0.6) is 5.75 Å². The minimum Gasteiger partial charge on any atom is -0.497 e. The molecule has 2 unspecified atom stereocenters. The highest BCUT2D eigenvalue weighted by atomic mass is 16.5. The third-order valence-corrected chi connectivity index (χ3v) is 3.50. The van der Waals surface area contributed by atoms with Gasteiger partial charge in [-0.3, -0.25) is 4.90 Å². The maximum absolute atomic E-state index is 10.4. The van der Waals surface area contributed by atoms with E-state index in [0.717, 1.165) is 17.9 Å². The molecular formula is C16H27NO4. The summed E-state index contributed by atoms with van der Waals surface area (Å²) in [5, 5.41) is 10.4. The van der Waals surface area contributed by atoms with E-state index in [4.69, 9.17) is 14.2 Å². The molecule has 0 aliphatic rings. The molecule has 21 heavy (non-hydrogen) atoms. The van der Waals surface area contributed by atoms with Crippen molar-refractivity contribution in [3.05, 3.63) is 29.8 Å². The standard InChI is InChI=1S/C16H27NO4/c1-13(12-20-3)17(8-9-19-2)11-16(18)14-6-5-7-15(10-14)21-4/h5-7,10,13,16,18H,8-9,11-12H2,1-4H3. The molecule has 0 aromatic heterocycles. The van der Waals surface area contributed by atoms with Crippen LogP contribution in [0.25, 0.3) is 0 Å². The van der Waals surface area contributed by atoms with Gasteiger partial charge in [-0.05, 0) is 24.6 Å². The van der Waals surface area contributed by atoms with E-state index in [1.54, 1.807) is 21.3 Å². The summed E-state index contributed by atoms with van der Waals surface area (Å²) >= 11 is 0. The lowest BCUT2D eigenvalue weighted by Crippen LogP contribution is -2.41. The predicted molar refractivity (Wildman–Crippen MR) is 82.7 cm³/mol. The molecule has 0 fully saturated rings. The Morgan fingerprint density at radius 3 is 2.57 bits per heavy atom. The summed E-state index contributed by atoms with van der Waals surface area (Å²) in [5.41, 5.74) is 0.849. The summed E-state index contributed by atoms with van der Waals surface area (Å²) in [6.45, 7) is 4.61. The molecule has 0 aliphatic carbocycles. The van der Waals surface area contributed by atoms with Gasteiger partial charge in [0.15, 0.2) is 0 Å². The molecule has 120 valence electrons. The van der Waals surface area contributed by atoms with Crippen molar-refractivity contribution in [2.75, 3.05) is 47.6 Å². The summed E-state index contributed by atoms with van der Waals surface area (Å²) in [7, 11) is 4.98. The van der Waals surface area contributed by atoms with Crippen LogP contribution in [0.4, 0.5) is 0 Å². The van der Waals surface area contributed by atoms with E-state index < -0.39 is 6.10 Å². The zero-order valence-electron chi connectivity index (χ0n) is 13.4. The predicted octanol–water partition coefficient (Wildman–Crippen LogP) is 1.71. The Kier molecular flexibility index (Phi) is 8.30. The SMILES string of the molecule is COCCN(CC(O)c1cccc(OC)c1)C(C)COC. The van der Waals surface area contributed by atoms with Crippen LogP contribution in [-0.2, 0) is 9.47 Å². The van der Waals surface area contributed by atoms with Crippen molar-refractivity contribution in [1.82, 2.24) is 4.90 Å². The van der Waals surface area contributed by atoms with E-state index in [1.807, 2.05) is 24.3 Å².